The van der Waals surface area contributed by atoms with Gasteiger partial charge in [0, 0.05) is 25.6 Å². The van der Waals surface area contributed by atoms with Crippen LogP contribution in [0.1, 0.15) is 49.4 Å². The van der Waals surface area contributed by atoms with Gasteiger partial charge >= 0.3 is 5.97 Å². The molecule has 6 rings (SSSR count). The van der Waals surface area contributed by atoms with Crippen molar-refractivity contribution in [2.45, 2.75) is 46.3 Å². The van der Waals surface area contributed by atoms with Gasteiger partial charge in [0.15, 0.2) is 0 Å². The fraction of sp³-hybridized carbons (Fsp3) is 0.229. The van der Waals surface area contributed by atoms with E-state index in [1.807, 2.05) is 63.2 Å². The first-order valence-electron chi connectivity index (χ1n) is 14.0. The molecular formula is C35H34N4O2. The molecule has 6 heteroatoms. The second-order valence-corrected chi connectivity index (χ2v) is 11.4. The molecule has 0 N–H and O–H groups in total. The number of nitrogens with zero attached hydrogens (tertiary/aromatic N) is 4. The SMILES string of the molecule is CCc1nc2ccc(-c3nc4ccccc4n3C)cc2n1Cc1ccc(-c2ccccc2C(=O)OC(C)(C)C)cc1. The summed E-state index contributed by atoms with van der Waals surface area (Å²) >= 11 is 0. The van der Waals surface area contributed by atoms with Crippen molar-refractivity contribution in [1.82, 2.24) is 19.1 Å². The number of carbonyl (C=O) groups excluding carboxylic acids is 1. The van der Waals surface area contributed by atoms with E-state index in [4.69, 9.17) is 14.7 Å². The lowest BCUT2D eigenvalue weighted by atomic mass is 9.98. The topological polar surface area (TPSA) is 61.9 Å². The summed E-state index contributed by atoms with van der Waals surface area (Å²) in [7, 11) is 2.06. The molecule has 0 aliphatic rings. The van der Waals surface area contributed by atoms with Crippen LogP contribution in [-0.4, -0.2) is 30.7 Å². The second-order valence-electron chi connectivity index (χ2n) is 11.4. The van der Waals surface area contributed by atoms with Crippen molar-refractivity contribution in [2.24, 2.45) is 7.05 Å². The summed E-state index contributed by atoms with van der Waals surface area (Å²) in [5.74, 6) is 1.67. The molecule has 2 heterocycles. The number of benzene rings is 4. The predicted octanol–water partition coefficient (Wildman–Crippen LogP) is 7.82. The first-order chi connectivity index (χ1) is 19.7. The number of fused-ring (bicyclic) bond motifs is 2. The van der Waals surface area contributed by atoms with E-state index in [0.717, 1.165) is 62.4 Å². The average Bonchev–Trinajstić information content (AvgIpc) is 3.49. The molecule has 0 aliphatic heterocycles. The first-order valence-corrected chi connectivity index (χ1v) is 14.0. The first kappa shape index (κ1) is 26.5. The fourth-order valence-electron chi connectivity index (χ4n) is 5.38. The van der Waals surface area contributed by atoms with E-state index in [1.54, 1.807) is 0 Å². The lowest BCUT2D eigenvalue weighted by Gasteiger charge is -2.20. The third-order valence-electron chi connectivity index (χ3n) is 7.34. The van der Waals surface area contributed by atoms with Crippen LogP contribution in [0.4, 0.5) is 0 Å². The molecule has 0 atom stereocenters. The largest absolute Gasteiger partial charge is 0.456 e. The van der Waals surface area contributed by atoms with Crippen LogP contribution in [0.3, 0.4) is 0 Å². The zero-order valence-corrected chi connectivity index (χ0v) is 24.2. The van der Waals surface area contributed by atoms with Crippen molar-refractivity contribution in [2.75, 3.05) is 0 Å². The predicted molar refractivity (Wildman–Crippen MR) is 165 cm³/mol. The Kier molecular flexibility index (Phi) is 6.70. The quantitative estimate of drug-likeness (QED) is 0.201. The molecule has 0 saturated carbocycles. The van der Waals surface area contributed by atoms with Gasteiger partial charge in [-0.2, -0.15) is 0 Å². The van der Waals surface area contributed by atoms with Gasteiger partial charge in [0.25, 0.3) is 0 Å². The Morgan fingerprint density at radius 2 is 1.49 bits per heavy atom. The Morgan fingerprint density at radius 3 is 2.22 bits per heavy atom. The van der Waals surface area contributed by atoms with Crippen LogP contribution in [0.25, 0.3) is 44.6 Å². The fourth-order valence-corrected chi connectivity index (χ4v) is 5.38. The molecule has 2 aromatic heterocycles. The maximum absolute atomic E-state index is 12.9. The lowest BCUT2D eigenvalue weighted by molar-refractivity contribution is 0.00704. The maximum atomic E-state index is 12.9. The zero-order valence-electron chi connectivity index (χ0n) is 24.2. The lowest BCUT2D eigenvalue weighted by Crippen LogP contribution is -2.24. The molecule has 0 fully saturated rings. The van der Waals surface area contributed by atoms with E-state index in [1.165, 1.54) is 0 Å². The van der Waals surface area contributed by atoms with Gasteiger partial charge in [-0.25, -0.2) is 14.8 Å². The Bertz CT molecular complexity index is 1890. The molecule has 0 amide bonds. The smallest absolute Gasteiger partial charge is 0.339 e. The number of rotatable bonds is 6. The molecule has 0 unspecified atom stereocenters. The van der Waals surface area contributed by atoms with Gasteiger partial charge in [-0.15, -0.1) is 0 Å². The number of aryl methyl sites for hydroxylation is 2. The van der Waals surface area contributed by atoms with Gasteiger partial charge in [-0.3, -0.25) is 0 Å². The number of carbonyl (C=O) groups is 1. The Labute approximate surface area is 240 Å². The Morgan fingerprint density at radius 1 is 0.805 bits per heavy atom. The molecular weight excluding hydrogens is 508 g/mol. The summed E-state index contributed by atoms with van der Waals surface area (Å²) in [4.78, 5) is 22.7. The van der Waals surface area contributed by atoms with Crippen molar-refractivity contribution >= 4 is 28.0 Å². The molecule has 0 bridgehead atoms. The summed E-state index contributed by atoms with van der Waals surface area (Å²) in [5, 5.41) is 0. The molecule has 0 radical (unpaired) electrons. The third-order valence-corrected chi connectivity index (χ3v) is 7.34. The van der Waals surface area contributed by atoms with E-state index < -0.39 is 5.60 Å². The highest BCUT2D eigenvalue weighted by atomic mass is 16.6. The number of hydrogen-bond donors (Lipinski definition) is 0. The average molecular weight is 543 g/mol. The molecule has 4 aromatic carbocycles. The van der Waals surface area contributed by atoms with E-state index in [-0.39, 0.29) is 5.97 Å². The second kappa shape index (κ2) is 10.4. The standard InChI is InChI=1S/C35H34N4O2/c1-6-32-36-29-20-19-25(33-37-28-13-9-10-14-30(28)38(33)5)21-31(29)39(32)22-23-15-17-24(18-16-23)26-11-7-8-12-27(26)34(40)41-35(2,3)4/h7-21H,6,22H2,1-5H3. The van der Waals surface area contributed by atoms with E-state index in [0.29, 0.717) is 12.1 Å². The third kappa shape index (κ3) is 5.13. The minimum absolute atomic E-state index is 0.314. The Hall–Kier alpha value is -4.71. The molecule has 6 nitrogen and oxygen atoms in total. The van der Waals surface area contributed by atoms with Gasteiger partial charge in [0.05, 0.1) is 27.6 Å². The van der Waals surface area contributed by atoms with Gasteiger partial charge in [0.2, 0.25) is 0 Å². The maximum Gasteiger partial charge on any atom is 0.339 e. The highest BCUT2D eigenvalue weighted by Crippen LogP contribution is 2.29. The zero-order chi connectivity index (χ0) is 28.7. The number of ether oxygens (including phenoxy) is 1. The highest BCUT2D eigenvalue weighted by molar-refractivity contribution is 5.97. The normalized spacial score (nSPS) is 11.8. The molecule has 0 saturated heterocycles. The molecule has 41 heavy (non-hydrogen) atoms. The number of hydrogen-bond acceptors (Lipinski definition) is 4. The van der Waals surface area contributed by atoms with Crippen LogP contribution in [0.2, 0.25) is 0 Å². The molecule has 6 aromatic rings. The number of aromatic nitrogens is 4. The van der Waals surface area contributed by atoms with Crippen LogP contribution >= 0.6 is 0 Å². The van der Waals surface area contributed by atoms with Crippen LogP contribution in [0.5, 0.6) is 0 Å². The monoisotopic (exact) mass is 542 g/mol. The van der Waals surface area contributed by atoms with Crippen LogP contribution in [0.15, 0.2) is 91.0 Å². The summed E-state index contributed by atoms with van der Waals surface area (Å²) in [5.41, 5.74) is 8.24. The molecule has 0 spiro atoms. The highest BCUT2D eigenvalue weighted by Gasteiger charge is 2.21. The number of para-hydroxylation sites is 2. The van der Waals surface area contributed by atoms with Crippen molar-refractivity contribution < 1.29 is 9.53 Å². The Balaban J connectivity index is 1.33. The van der Waals surface area contributed by atoms with E-state index in [9.17, 15) is 4.79 Å². The minimum Gasteiger partial charge on any atom is -0.456 e. The van der Waals surface area contributed by atoms with Crippen molar-refractivity contribution in [1.29, 1.82) is 0 Å². The van der Waals surface area contributed by atoms with Crippen LogP contribution < -0.4 is 0 Å². The number of esters is 1. The van der Waals surface area contributed by atoms with E-state index in [2.05, 4.69) is 71.6 Å². The minimum atomic E-state index is -0.553. The van der Waals surface area contributed by atoms with Crippen molar-refractivity contribution in [3.8, 4) is 22.5 Å². The summed E-state index contributed by atoms with van der Waals surface area (Å²) in [6.07, 6.45) is 0.831. The summed E-state index contributed by atoms with van der Waals surface area (Å²) < 4.78 is 10.1. The van der Waals surface area contributed by atoms with E-state index >= 15 is 0 Å². The van der Waals surface area contributed by atoms with Crippen molar-refractivity contribution in [3.63, 3.8) is 0 Å². The molecule has 206 valence electrons. The van der Waals surface area contributed by atoms with Crippen LogP contribution in [-0.2, 0) is 24.8 Å². The molecule has 0 aliphatic carbocycles. The van der Waals surface area contributed by atoms with Gasteiger partial charge in [-0.1, -0.05) is 61.5 Å². The van der Waals surface area contributed by atoms with Gasteiger partial charge in [0.1, 0.15) is 17.2 Å². The summed E-state index contributed by atoms with van der Waals surface area (Å²) in [6.45, 7) is 8.48. The van der Waals surface area contributed by atoms with Gasteiger partial charge in [-0.05, 0) is 73.9 Å². The van der Waals surface area contributed by atoms with Crippen LogP contribution in [0, 0.1) is 0 Å². The van der Waals surface area contributed by atoms with Crippen molar-refractivity contribution in [3.05, 3.63) is 108 Å². The van der Waals surface area contributed by atoms with Gasteiger partial charge < -0.3 is 13.9 Å². The number of imidazole rings is 2. The summed E-state index contributed by atoms with van der Waals surface area (Å²) in [6, 6.07) is 30.6.